The van der Waals surface area contributed by atoms with E-state index in [1.807, 2.05) is 24.3 Å². The molecule has 1 aromatic rings. The second-order valence-corrected chi connectivity index (χ2v) is 17.8. The first kappa shape index (κ1) is 31.8. The molecule has 6 rings (SSSR count). The zero-order chi connectivity index (χ0) is 31.2. The van der Waals surface area contributed by atoms with E-state index in [1.54, 1.807) is 0 Å². The summed E-state index contributed by atoms with van der Waals surface area (Å²) < 4.78 is 0. The molecule has 238 valence electrons. The summed E-state index contributed by atoms with van der Waals surface area (Å²) in [6, 6.07) is 7.91. The molecule has 3 nitrogen and oxygen atoms in total. The first-order valence-electron chi connectivity index (χ1n) is 17.5. The SMILES string of the molecule is CC(C)C1=C2[C@H]3CC[C@@H]4[C@@]5(C)CC[C@H](C)C(C)(C)[C@@H]5CC[C@@]4(C)[C@]3(C)CC[C@@]2(C(O)CNCc2ccc(Cl)cc2)CC1=O. The number of benzene rings is 1. The van der Waals surface area contributed by atoms with Gasteiger partial charge in [0, 0.05) is 29.9 Å². The number of Topliss-reactive ketones (excluding diaryl/α,β-unsaturated/α-hetero) is 1. The van der Waals surface area contributed by atoms with Crippen LogP contribution in [0, 0.1) is 56.7 Å². The van der Waals surface area contributed by atoms with Gasteiger partial charge in [0.1, 0.15) is 0 Å². The largest absolute Gasteiger partial charge is 0.391 e. The zero-order valence-corrected chi connectivity index (χ0v) is 29.0. The molecule has 5 aliphatic rings. The summed E-state index contributed by atoms with van der Waals surface area (Å²) in [5.74, 6) is 3.18. The average Bonchev–Trinajstić information content (AvgIpc) is 3.26. The van der Waals surface area contributed by atoms with Crippen LogP contribution in [0.2, 0.25) is 5.02 Å². The van der Waals surface area contributed by atoms with Crippen molar-refractivity contribution < 1.29 is 9.90 Å². The fourth-order valence-corrected chi connectivity index (χ4v) is 12.5. The van der Waals surface area contributed by atoms with E-state index in [2.05, 4.69) is 60.7 Å². The standard InChI is InChI=1S/C39H58ClNO2/c1-24(2)33-29(42)21-39(32(43)23-41-22-26-9-11-27(40)12-10-26)20-19-37(7)28(34(33)39)13-14-31-36(6)17-15-25(3)35(4,5)30(36)16-18-38(31,37)8/h9-12,24-25,28,30-32,41,43H,13-23H2,1-8H3/t25-,28+,30-,31+,32?,36-,37+,38+,39-/m0/s1. The predicted molar refractivity (Wildman–Crippen MR) is 178 cm³/mol. The van der Waals surface area contributed by atoms with E-state index in [0.29, 0.717) is 42.0 Å². The zero-order valence-electron chi connectivity index (χ0n) is 28.3. The maximum Gasteiger partial charge on any atom is 0.160 e. The Hall–Kier alpha value is -1.16. The van der Waals surface area contributed by atoms with E-state index in [-0.39, 0.29) is 16.7 Å². The van der Waals surface area contributed by atoms with Gasteiger partial charge < -0.3 is 10.4 Å². The molecule has 4 heteroatoms. The van der Waals surface area contributed by atoms with Crippen LogP contribution in [0.1, 0.15) is 119 Å². The first-order chi connectivity index (χ1) is 20.1. The molecular formula is C39H58ClNO2. The Bertz CT molecular complexity index is 1280. The van der Waals surface area contributed by atoms with Crippen molar-refractivity contribution in [2.24, 2.45) is 56.7 Å². The van der Waals surface area contributed by atoms with Crippen LogP contribution in [0.4, 0.5) is 0 Å². The van der Waals surface area contributed by atoms with Crippen LogP contribution in [-0.4, -0.2) is 23.5 Å². The number of carbonyl (C=O) groups is 1. The lowest BCUT2D eigenvalue weighted by Gasteiger charge is -2.72. The predicted octanol–water partition coefficient (Wildman–Crippen LogP) is 9.41. The number of allylic oxidation sites excluding steroid dienone is 1. The van der Waals surface area contributed by atoms with Gasteiger partial charge in [0.15, 0.2) is 5.78 Å². The summed E-state index contributed by atoms with van der Waals surface area (Å²) in [6.45, 7) is 21.2. The van der Waals surface area contributed by atoms with Crippen LogP contribution in [0.5, 0.6) is 0 Å². The van der Waals surface area contributed by atoms with Crippen molar-refractivity contribution in [1.29, 1.82) is 0 Å². The quantitative estimate of drug-likeness (QED) is 0.339. The highest BCUT2D eigenvalue weighted by molar-refractivity contribution is 6.30. The van der Waals surface area contributed by atoms with Crippen LogP contribution in [0.15, 0.2) is 35.4 Å². The Kier molecular flexibility index (Phi) is 7.91. The van der Waals surface area contributed by atoms with Gasteiger partial charge in [0.2, 0.25) is 0 Å². The average molecular weight is 608 g/mol. The maximum atomic E-state index is 13.9. The first-order valence-corrected chi connectivity index (χ1v) is 17.9. The number of fused-ring (bicyclic) bond motifs is 7. The van der Waals surface area contributed by atoms with Crippen molar-refractivity contribution in [2.75, 3.05) is 6.54 Å². The number of carbonyl (C=O) groups excluding carboxylic acids is 1. The van der Waals surface area contributed by atoms with Gasteiger partial charge in [-0.25, -0.2) is 0 Å². The van der Waals surface area contributed by atoms with Gasteiger partial charge in [-0.15, -0.1) is 0 Å². The minimum atomic E-state index is -0.570. The van der Waals surface area contributed by atoms with Crippen molar-refractivity contribution in [3.05, 3.63) is 46.0 Å². The highest BCUT2D eigenvalue weighted by atomic mass is 35.5. The highest BCUT2D eigenvalue weighted by Gasteiger charge is 2.70. The minimum Gasteiger partial charge on any atom is -0.391 e. The normalized spacial score (nSPS) is 42.7. The molecular weight excluding hydrogens is 550 g/mol. The lowest BCUT2D eigenvalue weighted by Crippen LogP contribution is -2.65. The van der Waals surface area contributed by atoms with Crippen LogP contribution in [-0.2, 0) is 11.3 Å². The molecule has 9 atom stereocenters. The van der Waals surface area contributed by atoms with E-state index in [9.17, 15) is 9.90 Å². The lowest BCUT2D eigenvalue weighted by molar-refractivity contribution is -0.222. The van der Waals surface area contributed by atoms with Gasteiger partial charge >= 0.3 is 0 Å². The monoisotopic (exact) mass is 607 g/mol. The Morgan fingerprint density at radius 1 is 0.907 bits per heavy atom. The summed E-state index contributed by atoms with van der Waals surface area (Å²) >= 11 is 6.09. The van der Waals surface area contributed by atoms with Gasteiger partial charge in [-0.05, 0) is 126 Å². The van der Waals surface area contributed by atoms with E-state index >= 15 is 0 Å². The second kappa shape index (κ2) is 10.7. The molecule has 1 aromatic carbocycles. The van der Waals surface area contributed by atoms with E-state index < -0.39 is 11.5 Å². The van der Waals surface area contributed by atoms with Crippen molar-refractivity contribution in [3.8, 4) is 0 Å². The smallest absolute Gasteiger partial charge is 0.160 e. The topological polar surface area (TPSA) is 49.3 Å². The van der Waals surface area contributed by atoms with Crippen LogP contribution >= 0.6 is 11.6 Å². The van der Waals surface area contributed by atoms with E-state index in [1.165, 1.54) is 44.1 Å². The molecule has 0 aromatic heterocycles. The summed E-state index contributed by atoms with van der Waals surface area (Å²) in [5.41, 5.74) is 4.36. The Morgan fingerprint density at radius 3 is 2.28 bits per heavy atom. The molecule has 5 aliphatic carbocycles. The van der Waals surface area contributed by atoms with E-state index in [0.717, 1.165) is 46.8 Å². The summed E-state index contributed by atoms with van der Waals surface area (Å²) in [5, 5.41) is 16.3. The summed E-state index contributed by atoms with van der Waals surface area (Å²) in [7, 11) is 0. The fourth-order valence-electron chi connectivity index (χ4n) is 12.4. The molecule has 0 amide bonds. The molecule has 0 aliphatic heterocycles. The minimum absolute atomic E-state index is 0.150. The fraction of sp³-hybridized carbons (Fsp3) is 0.769. The number of hydrogen-bond donors (Lipinski definition) is 2. The van der Waals surface area contributed by atoms with Crippen LogP contribution < -0.4 is 5.32 Å². The van der Waals surface area contributed by atoms with Crippen molar-refractivity contribution in [3.63, 3.8) is 0 Å². The van der Waals surface area contributed by atoms with Crippen LogP contribution in [0.25, 0.3) is 0 Å². The number of ketones is 1. The third-order valence-corrected chi connectivity index (χ3v) is 15.5. The van der Waals surface area contributed by atoms with Gasteiger partial charge in [-0.2, -0.15) is 0 Å². The molecule has 4 fully saturated rings. The molecule has 0 heterocycles. The number of rotatable bonds is 6. The number of aliphatic hydroxyl groups excluding tert-OH is 1. The molecule has 0 radical (unpaired) electrons. The van der Waals surface area contributed by atoms with Gasteiger partial charge in [-0.3, -0.25) is 4.79 Å². The Morgan fingerprint density at radius 2 is 1.60 bits per heavy atom. The number of halogens is 1. The Balaban J connectivity index is 1.33. The molecule has 0 bridgehead atoms. The highest BCUT2D eigenvalue weighted by Crippen LogP contribution is 2.77. The molecule has 0 saturated heterocycles. The molecule has 2 N–H and O–H groups in total. The Labute approximate surface area is 267 Å². The van der Waals surface area contributed by atoms with Gasteiger partial charge in [-0.1, -0.05) is 84.7 Å². The lowest BCUT2D eigenvalue weighted by atomic mass is 9.32. The molecule has 1 unspecified atom stereocenters. The molecule has 43 heavy (non-hydrogen) atoms. The summed E-state index contributed by atoms with van der Waals surface area (Å²) in [4.78, 5) is 13.9. The second-order valence-electron chi connectivity index (χ2n) is 17.4. The van der Waals surface area contributed by atoms with Crippen molar-refractivity contribution in [1.82, 2.24) is 5.32 Å². The van der Waals surface area contributed by atoms with E-state index in [4.69, 9.17) is 11.6 Å². The molecule has 0 spiro atoms. The van der Waals surface area contributed by atoms with Gasteiger partial charge in [0.25, 0.3) is 0 Å². The van der Waals surface area contributed by atoms with Crippen molar-refractivity contribution >= 4 is 17.4 Å². The number of aliphatic hydroxyl groups is 1. The summed E-state index contributed by atoms with van der Waals surface area (Å²) in [6.07, 6.45) is 9.73. The third kappa shape index (κ3) is 4.51. The maximum absolute atomic E-state index is 13.9. The van der Waals surface area contributed by atoms with Crippen LogP contribution in [0.3, 0.4) is 0 Å². The van der Waals surface area contributed by atoms with Gasteiger partial charge in [0.05, 0.1) is 6.10 Å². The number of nitrogens with one attached hydrogen (secondary N) is 1. The third-order valence-electron chi connectivity index (χ3n) is 15.3. The molecule has 4 saturated carbocycles. The number of hydrogen-bond acceptors (Lipinski definition) is 3. The van der Waals surface area contributed by atoms with Crippen molar-refractivity contribution in [2.45, 2.75) is 126 Å².